The quantitative estimate of drug-likeness (QED) is 0.850. The Bertz CT molecular complexity index is 548. The molecule has 3 nitrogen and oxygen atoms in total. The van der Waals surface area contributed by atoms with Gasteiger partial charge in [-0.05, 0) is 57.0 Å². The molecule has 5 heteroatoms. The number of hydrogen-bond acceptors (Lipinski definition) is 3. The number of piperidine rings is 2. The SMILES string of the molecule is CN1CCCC2CN(c3ccc(C(N)=S)c(F)c3)CCC21. The first-order valence-electron chi connectivity index (χ1n) is 7.61. The summed E-state index contributed by atoms with van der Waals surface area (Å²) < 4.78 is 14.0. The molecule has 2 unspecified atom stereocenters. The zero-order valence-electron chi connectivity index (χ0n) is 12.4. The van der Waals surface area contributed by atoms with E-state index >= 15 is 0 Å². The summed E-state index contributed by atoms with van der Waals surface area (Å²) in [5.41, 5.74) is 6.80. The summed E-state index contributed by atoms with van der Waals surface area (Å²) in [5.74, 6) is 0.374. The van der Waals surface area contributed by atoms with Gasteiger partial charge < -0.3 is 15.5 Å². The molecule has 0 aromatic heterocycles. The van der Waals surface area contributed by atoms with E-state index in [1.807, 2.05) is 6.07 Å². The lowest BCUT2D eigenvalue weighted by Crippen LogP contribution is -2.52. The minimum absolute atomic E-state index is 0.117. The third-order valence-corrected chi connectivity index (χ3v) is 5.15. The number of fused-ring (bicyclic) bond motifs is 1. The van der Waals surface area contributed by atoms with Crippen LogP contribution < -0.4 is 10.6 Å². The van der Waals surface area contributed by atoms with Crippen molar-refractivity contribution in [2.45, 2.75) is 25.3 Å². The number of hydrogen-bond donors (Lipinski definition) is 1. The van der Waals surface area contributed by atoms with Crippen molar-refractivity contribution in [3.8, 4) is 0 Å². The molecular weight excluding hydrogens is 285 g/mol. The number of likely N-dealkylation sites (tertiary alicyclic amines) is 1. The van der Waals surface area contributed by atoms with Gasteiger partial charge in [0.05, 0.1) is 0 Å². The molecule has 2 heterocycles. The molecule has 21 heavy (non-hydrogen) atoms. The monoisotopic (exact) mass is 307 g/mol. The Morgan fingerprint density at radius 1 is 1.33 bits per heavy atom. The van der Waals surface area contributed by atoms with Gasteiger partial charge in [-0.1, -0.05) is 12.2 Å². The fourth-order valence-electron chi connectivity index (χ4n) is 3.79. The smallest absolute Gasteiger partial charge is 0.135 e. The third-order valence-electron chi connectivity index (χ3n) is 4.93. The summed E-state index contributed by atoms with van der Waals surface area (Å²) in [6.45, 7) is 3.21. The van der Waals surface area contributed by atoms with Gasteiger partial charge >= 0.3 is 0 Å². The van der Waals surface area contributed by atoms with E-state index in [0.717, 1.165) is 25.2 Å². The molecular formula is C16H22FN3S. The van der Waals surface area contributed by atoms with E-state index in [1.165, 1.54) is 19.4 Å². The van der Waals surface area contributed by atoms with E-state index in [2.05, 4.69) is 16.8 Å². The number of anilines is 1. The van der Waals surface area contributed by atoms with Gasteiger partial charge in [-0.25, -0.2) is 4.39 Å². The molecule has 2 aliphatic heterocycles. The van der Waals surface area contributed by atoms with Crippen LogP contribution in [0.1, 0.15) is 24.8 Å². The Morgan fingerprint density at radius 3 is 2.86 bits per heavy atom. The summed E-state index contributed by atoms with van der Waals surface area (Å²) in [6, 6.07) is 5.90. The average Bonchev–Trinajstić information content (AvgIpc) is 2.46. The maximum atomic E-state index is 14.0. The van der Waals surface area contributed by atoms with Crippen LogP contribution in [0.4, 0.5) is 10.1 Å². The Labute approximate surface area is 130 Å². The maximum Gasteiger partial charge on any atom is 0.135 e. The van der Waals surface area contributed by atoms with Gasteiger partial charge in [-0.3, -0.25) is 0 Å². The van der Waals surface area contributed by atoms with Crippen LogP contribution in [0.3, 0.4) is 0 Å². The highest BCUT2D eigenvalue weighted by Gasteiger charge is 2.34. The second-order valence-electron chi connectivity index (χ2n) is 6.21. The van der Waals surface area contributed by atoms with Crippen LogP contribution in [0.25, 0.3) is 0 Å². The first kappa shape index (κ1) is 14.7. The molecule has 0 amide bonds. The van der Waals surface area contributed by atoms with Crippen molar-refractivity contribution < 1.29 is 4.39 Å². The van der Waals surface area contributed by atoms with Crippen LogP contribution >= 0.6 is 12.2 Å². The number of nitrogens with zero attached hydrogens (tertiary/aromatic N) is 2. The number of rotatable bonds is 2. The first-order chi connectivity index (χ1) is 10.1. The second kappa shape index (κ2) is 5.89. The summed E-state index contributed by atoms with van der Waals surface area (Å²) in [7, 11) is 2.23. The number of thiocarbonyl (C=S) groups is 1. The number of nitrogens with two attached hydrogens (primary N) is 1. The van der Waals surface area contributed by atoms with Gasteiger partial charge in [-0.2, -0.15) is 0 Å². The molecule has 0 spiro atoms. The van der Waals surface area contributed by atoms with Crippen LogP contribution in [-0.4, -0.2) is 42.6 Å². The molecule has 0 radical (unpaired) electrons. The van der Waals surface area contributed by atoms with E-state index in [0.29, 0.717) is 17.5 Å². The Balaban J connectivity index is 1.76. The minimum Gasteiger partial charge on any atom is -0.389 e. The largest absolute Gasteiger partial charge is 0.389 e. The van der Waals surface area contributed by atoms with Crippen molar-refractivity contribution in [2.24, 2.45) is 11.7 Å². The predicted molar refractivity (Wildman–Crippen MR) is 88.3 cm³/mol. The van der Waals surface area contributed by atoms with E-state index in [-0.39, 0.29) is 10.8 Å². The van der Waals surface area contributed by atoms with E-state index in [9.17, 15) is 4.39 Å². The molecule has 1 aromatic carbocycles. The normalized spacial score (nSPS) is 26.5. The second-order valence-corrected chi connectivity index (χ2v) is 6.65. The lowest BCUT2D eigenvalue weighted by atomic mass is 9.84. The number of halogens is 1. The van der Waals surface area contributed by atoms with Crippen molar-refractivity contribution in [1.82, 2.24) is 4.90 Å². The fourth-order valence-corrected chi connectivity index (χ4v) is 3.95. The molecule has 2 fully saturated rings. The zero-order valence-corrected chi connectivity index (χ0v) is 13.2. The molecule has 0 bridgehead atoms. The highest BCUT2D eigenvalue weighted by molar-refractivity contribution is 7.80. The predicted octanol–water partition coefficient (Wildman–Crippen LogP) is 2.38. The van der Waals surface area contributed by atoms with Crippen LogP contribution in [0.15, 0.2) is 18.2 Å². The topological polar surface area (TPSA) is 32.5 Å². The van der Waals surface area contributed by atoms with Crippen LogP contribution in [0.5, 0.6) is 0 Å². The summed E-state index contributed by atoms with van der Waals surface area (Å²) in [5, 5.41) is 0. The van der Waals surface area contributed by atoms with E-state index in [4.69, 9.17) is 18.0 Å². The Kier molecular flexibility index (Phi) is 4.13. The van der Waals surface area contributed by atoms with Crippen molar-refractivity contribution in [1.29, 1.82) is 0 Å². The van der Waals surface area contributed by atoms with Crippen LogP contribution in [-0.2, 0) is 0 Å². The molecule has 2 atom stereocenters. The Hall–Kier alpha value is -1.20. The highest BCUT2D eigenvalue weighted by atomic mass is 32.1. The van der Waals surface area contributed by atoms with Gasteiger partial charge in [0.1, 0.15) is 10.8 Å². The van der Waals surface area contributed by atoms with E-state index < -0.39 is 0 Å². The van der Waals surface area contributed by atoms with Crippen molar-refractivity contribution >= 4 is 22.9 Å². The highest BCUT2D eigenvalue weighted by Crippen LogP contribution is 2.32. The standard InChI is InChI=1S/C16H22FN3S/c1-19-7-2-3-11-10-20(8-6-15(11)19)12-4-5-13(16(18)21)14(17)9-12/h4-5,9,11,15H,2-3,6-8,10H2,1H3,(H2,18,21). The van der Waals surface area contributed by atoms with Gasteiger partial charge in [0.25, 0.3) is 0 Å². The summed E-state index contributed by atoms with van der Waals surface area (Å²) in [6.07, 6.45) is 3.69. The fraction of sp³-hybridized carbons (Fsp3) is 0.562. The van der Waals surface area contributed by atoms with Crippen molar-refractivity contribution in [3.63, 3.8) is 0 Å². The Morgan fingerprint density at radius 2 is 2.14 bits per heavy atom. The van der Waals surface area contributed by atoms with E-state index in [1.54, 1.807) is 12.1 Å². The summed E-state index contributed by atoms with van der Waals surface area (Å²) >= 11 is 4.86. The van der Waals surface area contributed by atoms with Crippen LogP contribution in [0.2, 0.25) is 0 Å². The molecule has 1 aromatic rings. The van der Waals surface area contributed by atoms with Gasteiger partial charge in [0.15, 0.2) is 0 Å². The molecule has 2 aliphatic rings. The van der Waals surface area contributed by atoms with Gasteiger partial charge in [0, 0.05) is 30.4 Å². The minimum atomic E-state index is -0.317. The molecule has 3 rings (SSSR count). The average molecular weight is 307 g/mol. The molecule has 0 aliphatic carbocycles. The van der Waals surface area contributed by atoms with Crippen molar-refractivity contribution in [3.05, 3.63) is 29.6 Å². The molecule has 2 N–H and O–H groups in total. The van der Waals surface area contributed by atoms with Gasteiger partial charge in [0.2, 0.25) is 0 Å². The summed E-state index contributed by atoms with van der Waals surface area (Å²) in [4.78, 5) is 4.90. The molecule has 2 saturated heterocycles. The van der Waals surface area contributed by atoms with Crippen LogP contribution in [0, 0.1) is 11.7 Å². The zero-order chi connectivity index (χ0) is 15.0. The van der Waals surface area contributed by atoms with Crippen molar-refractivity contribution in [2.75, 3.05) is 31.6 Å². The molecule has 0 saturated carbocycles. The lowest BCUT2D eigenvalue weighted by Gasteiger charge is -2.46. The lowest BCUT2D eigenvalue weighted by molar-refractivity contribution is 0.102. The third kappa shape index (κ3) is 2.90. The number of benzene rings is 1. The van der Waals surface area contributed by atoms with Gasteiger partial charge in [-0.15, -0.1) is 0 Å². The molecule has 114 valence electrons. The first-order valence-corrected chi connectivity index (χ1v) is 8.01. The maximum absolute atomic E-state index is 14.0.